The highest BCUT2D eigenvalue weighted by Crippen LogP contribution is 2.25. The summed E-state index contributed by atoms with van der Waals surface area (Å²) in [7, 11) is 4.03. The number of carbonyl (C=O) groups is 1. The van der Waals surface area contributed by atoms with Crippen molar-refractivity contribution < 1.29 is 9.53 Å². The van der Waals surface area contributed by atoms with Crippen LogP contribution in [0.1, 0.15) is 22.0 Å². The number of nitrogens with zero attached hydrogens (tertiary/aromatic N) is 2. The minimum absolute atomic E-state index is 0.0574. The number of nitrogens with one attached hydrogen (secondary N) is 1. The van der Waals surface area contributed by atoms with Gasteiger partial charge in [0.1, 0.15) is 0 Å². The van der Waals surface area contributed by atoms with E-state index in [1.54, 1.807) is 18.2 Å². The van der Waals surface area contributed by atoms with E-state index < -0.39 is 0 Å². The van der Waals surface area contributed by atoms with Crippen molar-refractivity contribution in [2.75, 3.05) is 51.8 Å². The smallest absolute Gasteiger partial charge is 0.252 e. The average molecular weight is 422 g/mol. The fraction of sp³-hybridized carbons (Fsp3) is 0.381. The molecule has 0 unspecified atom stereocenters. The highest BCUT2D eigenvalue weighted by atomic mass is 35.5. The van der Waals surface area contributed by atoms with E-state index in [1.807, 2.05) is 14.1 Å². The number of anilines is 1. The molecular formula is C21H25Cl2N3O2. The van der Waals surface area contributed by atoms with E-state index in [2.05, 4.69) is 39.4 Å². The molecule has 0 radical (unpaired) electrons. The Balaban J connectivity index is 1.77. The van der Waals surface area contributed by atoms with E-state index in [4.69, 9.17) is 27.9 Å². The molecule has 0 bridgehead atoms. The first-order valence-electron chi connectivity index (χ1n) is 9.28. The van der Waals surface area contributed by atoms with E-state index in [0.717, 1.165) is 24.3 Å². The Kier molecular flexibility index (Phi) is 7.18. The summed E-state index contributed by atoms with van der Waals surface area (Å²) in [6.07, 6.45) is 0. The lowest BCUT2D eigenvalue weighted by atomic mass is 10.0. The van der Waals surface area contributed by atoms with Crippen molar-refractivity contribution in [1.29, 1.82) is 0 Å². The minimum atomic E-state index is -0.226. The molecule has 0 aliphatic carbocycles. The Hall–Kier alpha value is -1.79. The molecule has 0 spiro atoms. The molecule has 7 heteroatoms. The number of benzene rings is 2. The number of ether oxygens (including phenoxy) is 1. The predicted molar refractivity (Wildman–Crippen MR) is 115 cm³/mol. The van der Waals surface area contributed by atoms with Gasteiger partial charge in [-0.3, -0.25) is 9.69 Å². The van der Waals surface area contributed by atoms with Crippen LogP contribution in [0, 0.1) is 0 Å². The van der Waals surface area contributed by atoms with E-state index >= 15 is 0 Å². The molecule has 1 amide bonds. The van der Waals surface area contributed by atoms with E-state index in [0.29, 0.717) is 35.4 Å². The Labute approximate surface area is 176 Å². The summed E-state index contributed by atoms with van der Waals surface area (Å²) >= 11 is 12.2. The Morgan fingerprint density at radius 2 is 1.82 bits per heavy atom. The second-order valence-corrected chi connectivity index (χ2v) is 7.83. The van der Waals surface area contributed by atoms with Crippen LogP contribution in [0.15, 0.2) is 42.5 Å². The summed E-state index contributed by atoms with van der Waals surface area (Å²) in [5.74, 6) is -0.226. The number of hydrogen-bond acceptors (Lipinski definition) is 4. The maximum atomic E-state index is 12.7. The Morgan fingerprint density at radius 1 is 1.14 bits per heavy atom. The third-order valence-electron chi connectivity index (χ3n) is 4.91. The first-order chi connectivity index (χ1) is 13.5. The first kappa shape index (κ1) is 20.9. The van der Waals surface area contributed by atoms with Gasteiger partial charge >= 0.3 is 0 Å². The van der Waals surface area contributed by atoms with Crippen molar-refractivity contribution in [2.24, 2.45) is 0 Å². The molecule has 1 atom stereocenters. The van der Waals surface area contributed by atoms with Crippen LogP contribution in [0.25, 0.3) is 0 Å². The molecule has 2 aromatic carbocycles. The molecule has 3 rings (SSSR count). The standard InChI is InChI=1S/C21H25Cl2N3O2/c1-25(2)17-6-3-15(4-7-17)20(26-9-11-28-12-10-26)14-24-21(27)18-13-16(22)5-8-19(18)23/h3-8,13,20H,9-12,14H2,1-2H3,(H,24,27)/t20-/m1/s1. The number of amides is 1. The molecule has 0 saturated carbocycles. The zero-order valence-corrected chi connectivity index (χ0v) is 17.6. The van der Waals surface area contributed by atoms with Gasteiger partial charge in [0.25, 0.3) is 5.91 Å². The number of hydrogen-bond donors (Lipinski definition) is 1. The normalized spacial score (nSPS) is 15.9. The maximum Gasteiger partial charge on any atom is 0.252 e. The lowest BCUT2D eigenvalue weighted by molar-refractivity contribution is 0.0162. The van der Waals surface area contributed by atoms with E-state index in [1.165, 1.54) is 0 Å². The first-order valence-corrected chi connectivity index (χ1v) is 10.0. The predicted octanol–water partition coefficient (Wildman–Crippen LogP) is 3.86. The van der Waals surface area contributed by atoms with Crippen LogP contribution in [0.2, 0.25) is 10.0 Å². The van der Waals surface area contributed by atoms with Crippen molar-refractivity contribution in [3.05, 3.63) is 63.6 Å². The van der Waals surface area contributed by atoms with Gasteiger partial charge < -0.3 is 15.0 Å². The lowest BCUT2D eigenvalue weighted by Crippen LogP contribution is -2.43. The van der Waals surface area contributed by atoms with Gasteiger partial charge in [-0.15, -0.1) is 0 Å². The van der Waals surface area contributed by atoms with Gasteiger partial charge in [-0.2, -0.15) is 0 Å². The molecule has 150 valence electrons. The number of rotatable bonds is 6. The number of halogens is 2. The molecule has 1 heterocycles. The van der Waals surface area contributed by atoms with Crippen LogP contribution in [0.3, 0.4) is 0 Å². The second kappa shape index (κ2) is 9.61. The summed E-state index contributed by atoms with van der Waals surface area (Å²) in [5, 5.41) is 3.90. The molecule has 1 fully saturated rings. The summed E-state index contributed by atoms with van der Waals surface area (Å²) < 4.78 is 5.49. The fourth-order valence-corrected chi connectivity index (χ4v) is 3.67. The average Bonchev–Trinajstić information content (AvgIpc) is 2.71. The zero-order valence-electron chi connectivity index (χ0n) is 16.1. The Morgan fingerprint density at radius 3 is 2.46 bits per heavy atom. The topological polar surface area (TPSA) is 44.8 Å². The van der Waals surface area contributed by atoms with Crippen LogP contribution in [0.4, 0.5) is 5.69 Å². The summed E-state index contributed by atoms with van der Waals surface area (Å²) in [5.41, 5.74) is 2.68. The van der Waals surface area contributed by atoms with E-state index in [-0.39, 0.29) is 11.9 Å². The van der Waals surface area contributed by atoms with Gasteiger partial charge in [0, 0.05) is 44.4 Å². The summed E-state index contributed by atoms with van der Waals surface area (Å²) in [4.78, 5) is 17.1. The van der Waals surface area contributed by atoms with Crippen molar-refractivity contribution in [1.82, 2.24) is 10.2 Å². The third-order valence-corrected chi connectivity index (χ3v) is 5.47. The van der Waals surface area contributed by atoms with Crippen LogP contribution >= 0.6 is 23.2 Å². The molecule has 5 nitrogen and oxygen atoms in total. The summed E-state index contributed by atoms with van der Waals surface area (Å²) in [6, 6.07) is 13.4. The van der Waals surface area contributed by atoms with Crippen molar-refractivity contribution in [3.63, 3.8) is 0 Å². The van der Waals surface area contributed by atoms with Crippen molar-refractivity contribution >= 4 is 34.8 Å². The van der Waals surface area contributed by atoms with Crippen LogP contribution < -0.4 is 10.2 Å². The molecule has 2 aromatic rings. The molecular weight excluding hydrogens is 397 g/mol. The van der Waals surface area contributed by atoms with Gasteiger partial charge in [-0.1, -0.05) is 35.3 Å². The monoisotopic (exact) mass is 421 g/mol. The largest absolute Gasteiger partial charge is 0.379 e. The van der Waals surface area contributed by atoms with Gasteiger partial charge in [-0.25, -0.2) is 0 Å². The molecule has 28 heavy (non-hydrogen) atoms. The Bertz CT molecular complexity index is 806. The zero-order chi connectivity index (χ0) is 20.1. The number of morpholine rings is 1. The van der Waals surface area contributed by atoms with E-state index in [9.17, 15) is 4.79 Å². The van der Waals surface area contributed by atoms with Crippen LogP contribution in [0.5, 0.6) is 0 Å². The summed E-state index contributed by atoms with van der Waals surface area (Å²) in [6.45, 7) is 3.52. The van der Waals surface area contributed by atoms with Crippen molar-refractivity contribution in [3.8, 4) is 0 Å². The van der Waals surface area contributed by atoms with Gasteiger partial charge in [0.15, 0.2) is 0 Å². The van der Waals surface area contributed by atoms with Crippen LogP contribution in [-0.2, 0) is 4.74 Å². The maximum absolute atomic E-state index is 12.7. The molecule has 1 aliphatic heterocycles. The van der Waals surface area contributed by atoms with Crippen molar-refractivity contribution in [2.45, 2.75) is 6.04 Å². The molecule has 1 saturated heterocycles. The molecule has 1 N–H and O–H groups in total. The van der Waals surface area contributed by atoms with Crippen LogP contribution in [-0.4, -0.2) is 57.8 Å². The fourth-order valence-electron chi connectivity index (χ4n) is 3.30. The highest BCUT2D eigenvalue weighted by molar-refractivity contribution is 6.35. The van der Waals surface area contributed by atoms with Gasteiger partial charge in [-0.05, 0) is 35.9 Å². The molecule has 1 aliphatic rings. The highest BCUT2D eigenvalue weighted by Gasteiger charge is 2.24. The quantitative estimate of drug-likeness (QED) is 0.768. The van der Waals surface area contributed by atoms with Gasteiger partial charge in [0.05, 0.1) is 29.8 Å². The van der Waals surface area contributed by atoms with Gasteiger partial charge in [0.2, 0.25) is 0 Å². The molecule has 0 aromatic heterocycles. The lowest BCUT2D eigenvalue weighted by Gasteiger charge is -2.35. The number of carbonyl (C=O) groups excluding carboxylic acids is 1. The third kappa shape index (κ3) is 5.17. The SMILES string of the molecule is CN(C)c1ccc([C@@H](CNC(=O)c2cc(Cl)ccc2Cl)N2CCOCC2)cc1. The minimum Gasteiger partial charge on any atom is -0.379 e. The second-order valence-electron chi connectivity index (χ2n) is 6.98.